The summed E-state index contributed by atoms with van der Waals surface area (Å²) in [6.45, 7) is 3.71. The number of nitrogens with zero attached hydrogens (tertiary/aromatic N) is 1. The van der Waals surface area contributed by atoms with E-state index in [0.29, 0.717) is 11.1 Å². The summed E-state index contributed by atoms with van der Waals surface area (Å²) in [5.74, 6) is -0.0699. The van der Waals surface area contributed by atoms with Crippen LogP contribution in [-0.2, 0) is 10.1 Å². The maximum absolute atomic E-state index is 12.5. The molecule has 3 aromatic carbocycles. The van der Waals surface area contributed by atoms with Gasteiger partial charge in [0, 0.05) is 5.56 Å². The van der Waals surface area contributed by atoms with E-state index in [2.05, 4.69) is 10.5 Å². The second-order valence-corrected chi connectivity index (χ2v) is 8.32. The van der Waals surface area contributed by atoms with Crippen molar-refractivity contribution in [2.75, 3.05) is 7.11 Å². The second kappa shape index (κ2) is 9.44. The largest absolute Gasteiger partial charge is 0.493 e. The molecule has 0 bridgehead atoms. The van der Waals surface area contributed by atoms with E-state index >= 15 is 0 Å². The Morgan fingerprint density at radius 1 is 0.968 bits per heavy atom. The van der Waals surface area contributed by atoms with Crippen LogP contribution >= 0.6 is 0 Å². The minimum absolute atomic E-state index is 0.0455. The van der Waals surface area contributed by atoms with Gasteiger partial charge < -0.3 is 8.92 Å². The van der Waals surface area contributed by atoms with E-state index in [-0.39, 0.29) is 22.3 Å². The Labute approximate surface area is 181 Å². The Morgan fingerprint density at radius 3 is 2.35 bits per heavy atom. The number of rotatable bonds is 7. The number of aryl methyl sites for hydroxylation is 2. The zero-order chi connectivity index (χ0) is 22.4. The number of carbonyl (C=O) groups is 1. The summed E-state index contributed by atoms with van der Waals surface area (Å²) in [6.07, 6.45) is 1.43. The van der Waals surface area contributed by atoms with Crippen molar-refractivity contribution in [2.24, 2.45) is 5.10 Å². The van der Waals surface area contributed by atoms with Crippen LogP contribution in [0.25, 0.3) is 0 Å². The van der Waals surface area contributed by atoms with Crippen LogP contribution < -0.4 is 14.3 Å². The minimum Gasteiger partial charge on any atom is -0.493 e. The third-order valence-corrected chi connectivity index (χ3v) is 5.71. The Morgan fingerprint density at radius 2 is 1.68 bits per heavy atom. The van der Waals surface area contributed by atoms with Crippen molar-refractivity contribution >= 4 is 22.2 Å². The lowest BCUT2D eigenvalue weighted by molar-refractivity contribution is 0.0954. The highest BCUT2D eigenvalue weighted by Crippen LogP contribution is 2.30. The van der Waals surface area contributed by atoms with Crippen molar-refractivity contribution in [1.29, 1.82) is 0 Å². The van der Waals surface area contributed by atoms with Crippen molar-refractivity contribution in [3.8, 4) is 11.5 Å². The van der Waals surface area contributed by atoms with Crippen molar-refractivity contribution in [1.82, 2.24) is 5.43 Å². The monoisotopic (exact) mass is 438 g/mol. The molecule has 8 heteroatoms. The number of nitrogens with one attached hydrogen (secondary N) is 1. The first-order valence-electron chi connectivity index (χ1n) is 9.38. The van der Waals surface area contributed by atoms with Gasteiger partial charge in [-0.25, -0.2) is 5.43 Å². The summed E-state index contributed by atoms with van der Waals surface area (Å²) in [6, 6.07) is 18.2. The molecule has 0 fully saturated rings. The van der Waals surface area contributed by atoms with Gasteiger partial charge >= 0.3 is 10.1 Å². The molecule has 0 unspecified atom stereocenters. The molecular weight excluding hydrogens is 416 g/mol. The molecule has 7 nitrogen and oxygen atoms in total. The molecule has 0 aliphatic carbocycles. The Balaban J connectivity index is 1.74. The van der Waals surface area contributed by atoms with Crippen LogP contribution in [0.15, 0.2) is 76.7 Å². The Kier molecular flexibility index (Phi) is 6.71. The van der Waals surface area contributed by atoms with Crippen molar-refractivity contribution in [3.63, 3.8) is 0 Å². The summed E-state index contributed by atoms with van der Waals surface area (Å²) in [5.41, 5.74) is 5.36. The molecule has 0 aliphatic heterocycles. The number of hydrazone groups is 1. The van der Waals surface area contributed by atoms with Crippen LogP contribution in [0.3, 0.4) is 0 Å². The van der Waals surface area contributed by atoms with E-state index in [4.69, 9.17) is 8.92 Å². The zero-order valence-electron chi connectivity index (χ0n) is 17.3. The second-order valence-electron chi connectivity index (χ2n) is 6.77. The van der Waals surface area contributed by atoms with E-state index in [9.17, 15) is 13.2 Å². The third kappa shape index (κ3) is 5.49. The van der Waals surface area contributed by atoms with Gasteiger partial charge in [-0.05, 0) is 61.4 Å². The topological polar surface area (TPSA) is 94.1 Å². The van der Waals surface area contributed by atoms with Gasteiger partial charge in [-0.1, -0.05) is 35.9 Å². The first kappa shape index (κ1) is 22.0. The zero-order valence-corrected chi connectivity index (χ0v) is 18.1. The van der Waals surface area contributed by atoms with Crippen molar-refractivity contribution in [2.45, 2.75) is 18.7 Å². The number of carbonyl (C=O) groups excluding carboxylic acids is 1. The molecule has 0 heterocycles. The van der Waals surface area contributed by atoms with Gasteiger partial charge in [0.2, 0.25) is 0 Å². The highest BCUT2D eigenvalue weighted by Gasteiger charge is 2.19. The average molecular weight is 439 g/mol. The van der Waals surface area contributed by atoms with Gasteiger partial charge in [0.1, 0.15) is 4.90 Å². The molecule has 0 aliphatic rings. The van der Waals surface area contributed by atoms with E-state index in [1.165, 1.54) is 31.5 Å². The van der Waals surface area contributed by atoms with Gasteiger partial charge in [0.05, 0.1) is 13.3 Å². The fraction of sp³-hybridized carbons (Fsp3) is 0.130. The Hall–Kier alpha value is -3.65. The van der Waals surface area contributed by atoms with Gasteiger partial charge in [0.15, 0.2) is 11.5 Å². The fourth-order valence-electron chi connectivity index (χ4n) is 2.76. The van der Waals surface area contributed by atoms with Crippen molar-refractivity contribution in [3.05, 3.63) is 89.0 Å². The molecule has 0 saturated heterocycles. The average Bonchev–Trinajstić information content (AvgIpc) is 2.75. The lowest BCUT2D eigenvalue weighted by Gasteiger charge is -2.11. The number of amides is 1. The van der Waals surface area contributed by atoms with Crippen LogP contribution in [0.4, 0.5) is 0 Å². The summed E-state index contributed by atoms with van der Waals surface area (Å²) in [4.78, 5) is 12.3. The molecule has 31 heavy (non-hydrogen) atoms. The first-order chi connectivity index (χ1) is 14.8. The van der Waals surface area contributed by atoms with Gasteiger partial charge in [0.25, 0.3) is 5.91 Å². The molecule has 1 amide bonds. The number of hydrogen-bond donors (Lipinski definition) is 1. The van der Waals surface area contributed by atoms with Crippen molar-refractivity contribution < 1.29 is 22.1 Å². The molecule has 0 saturated carbocycles. The highest BCUT2D eigenvalue weighted by atomic mass is 32.2. The molecule has 160 valence electrons. The van der Waals surface area contributed by atoms with Crippen LogP contribution in [0, 0.1) is 13.8 Å². The van der Waals surface area contributed by atoms with E-state index < -0.39 is 10.1 Å². The molecule has 0 radical (unpaired) electrons. The maximum atomic E-state index is 12.5. The molecule has 0 spiro atoms. The minimum atomic E-state index is -4.01. The predicted molar refractivity (Wildman–Crippen MR) is 118 cm³/mol. The van der Waals surface area contributed by atoms with E-state index in [0.717, 1.165) is 11.1 Å². The Bertz CT molecular complexity index is 1220. The number of hydrogen-bond acceptors (Lipinski definition) is 6. The standard InChI is InChI=1S/C23H22N2O5S/c1-16-8-11-19(12-9-16)31(27,28)30-21-13-10-18(14-22(21)29-3)15-24-25-23(26)20-7-5-4-6-17(20)2/h4-15H,1-3H3,(H,25,26)/b24-15-. The molecule has 0 aromatic heterocycles. The highest BCUT2D eigenvalue weighted by molar-refractivity contribution is 7.87. The molecule has 3 aromatic rings. The van der Waals surface area contributed by atoms with Crippen LogP contribution in [0.1, 0.15) is 27.0 Å². The summed E-state index contributed by atoms with van der Waals surface area (Å²) >= 11 is 0. The quantitative estimate of drug-likeness (QED) is 0.344. The van der Waals surface area contributed by atoms with E-state index in [1.807, 2.05) is 26.0 Å². The lowest BCUT2D eigenvalue weighted by Crippen LogP contribution is -2.18. The van der Waals surface area contributed by atoms with Crippen LogP contribution in [-0.4, -0.2) is 27.6 Å². The fourth-order valence-corrected chi connectivity index (χ4v) is 3.70. The van der Waals surface area contributed by atoms with Crippen LogP contribution in [0.2, 0.25) is 0 Å². The van der Waals surface area contributed by atoms with E-state index in [1.54, 1.807) is 36.4 Å². The maximum Gasteiger partial charge on any atom is 0.339 e. The van der Waals surface area contributed by atoms with Gasteiger partial charge in [-0.15, -0.1) is 0 Å². The smallest absolute Gasteiger partial charge is 0.339 e. The molecular formula is C23H22N2O5S. The van der Waals surface area contributed by atoms with Gasteiger partial charge in [-0.3, -0.25) is 4.79 Å². The van der Waals surface area contributed by atoms with Gasteiger partial charge in [-0.2, -0.15) is 13.5 Å². The molecule has 1 N–H and O–H groups in total. The molecule has 0 atom stereocenters. The lowest BCUT2D eigenvalue weighted by atomic mass is 10.1. The third-order valence-electron chi connectivity index (χ3n) is 4.47. The predicted octanol–water partition coefficient (Wildman–Crippen LogP) is 3.84. The number of ether oxygens (including phenoxy) is 1. The SMILES string of the molecule is COc1cc(/C=N\NC(=O)c2ccccc2C)ccc1OS(=O)(=O)c1ccc(C)cc1. The normalized spacial score (nSPS) is 11.3. The number of benzene rings is 3. The first-order valence-corrected chi connectivity index (χ1v) is 10.8. The van der Waals surface area contributed by atoms with Crippen LogP contribution in [0.5, 0.6) is 11.5 Å². The molecule has 3 rings (SSSR count). The number of methoxy groups -OCH3 is 1. The summed E-state index contributed by atoms with van der Waals surface area (Å²) in [7, 11) is -2.60. The summed E-state index contributed by atoms with van der Waals surface area (Å²) < 4.78 is 35.6. The summed E-state index contributed by atoms with van der Waals surface area (Å²) in [5, 5.41) is 3.96.